The molecule has 0 spiro atoms. The topological polar surface area (TPSA) is 274 Å². The van der Waals surface area contributed by atoms with Crippen molar-refractivity contribution in [1.82, 2.24) is 26.5 Å². The lowest BCUT2D eigenvalue weighted by atomic mass is 10.0. The van der Waals surface area contributed by atoms with Crippen molar-refractivity contribution in [2.75, 3.05) is 17.2 Å². The van der Waals surface area contributed by atoms with Crippen LogP contribution < -0.4 is 37.8 Å². The number of hydrogen-bond acceptors (Lipinski definition) is 11. The highest BCUT2D eigenvalue weighted by atomic mass is 16.7. The van der Waals surface area contributed by atoms with E-state index in [1.54, 1.807) is 38.1 Å². The Labute approximate surface area is 361 Å². The number of amides is 9. The van der Waals surface area contributed by atoms with Crippen LogP contribution in [0.4, 0.5) is 16.2 Å². The predicted octanol–water partition coefficient (Wildman–Crippen LogP) is 3.78. The monoisotopic (exact) mass is 864 g/mol. The molecular weight excluding hydrogens is 805 g/mol. The zero-order valence-corrected chi connectivity index (χ0v) is 35.5. The van der Waals surface area contributed by atoms with Crippen molar-refractivity contribution in [1.29, 1.82) is 0 Å². The first kappa shape index (κ1) is 50.0. The number of hydrogen-bond donors (Lipinski definition) is 7. The molecule has 1 aliphatic rings. The van der Waals surface area contributed by atoms with Crippen LogP contribution >= 0.6 is 0 Å². The average Bonchev–Trinajstić information content (AvgIpc) is 3.54. The number of primary amides is 1. The maximum atomic E-state index is 13.5. The van der Waals surface area contributed by atoms with Crippen LogP contribution in [0.1, 0.15) is 116 Å². The van der Waals surface area contributed by atoms with Gasteiger partial charge in [-0.1, -0.05) is 63.4 Å². The Balaban J connectivity index is 1.39. The second-order valence-corrected chi connectivity index (χ2v) is 15.2. The number of benzene rings is 2. The van der Waals surface area contributed by atoms with Gasteiger partial charge in [-0.05, 0) is 74.3 Å². The Kier molecular flexibility index (Phi) is 22.1. The predicted molar refractivity (Wildman–Crippen MR) is 227 cm³/mol. The Bertz CT molecular complexity index is 1810. The van der Waals surface area contributed by atoms with Gasteiger partial charge in [-0.3, -0.25) is 38.4 Å². The summed E-state index contributed by atoms with van der Waals surface area (Å²) in [7, 11) is 0. The highest BCUT2D eigenvalue weighted by molar-refractivity contribution is 6.01. The van der Waals surface area contributed by atoms with Crippen LogP contribution in [0.15, 0.2) is 54.6 Å². The van der Waals surface area contributed by atoms with Gasteiger partial charge < -0.3 is 37.2 Å². The summed E-state index contributed by atoms with van der Waals surface area (Å²) in [5.41, 5.74) is 9.50. The zero-order valence-electron chi connectivity index (χ0n) is 35.5. The van der Waals surface area contributed by atoms with E-state index >= 15 is 0 Å². The Morgan fingerprint density at radius 3 is 1.87 bits per heavy atom. The van der Waals surface area contributed by atoms with Crippen molar-refractivity contribution in [3.05, 3.63) is 60.2 Å². The molecule has 8 N–H and O–H groups in total. The van der Waals surface area contributed by atoms with Gasteiger partial charge in [0.2, 0.25) is 29.5 Å². The van der Waals surface area contributed by atoms with Gasteiger partial charge in [0.1, 0.15) is 12.1 Å². The summed E-state index contributed by atoms with van der Waals surface area (Å²) >= 11 is 0. The Morgan fingerprint density at radius 2 is 1.24 bits per heavy atom. The number of carbonyl (C=O) groups is 9. The molecule has 0 radical (unpaired) electrons. The minimum absolute atomic E-state index is 0.000499. The molecule has 0 aromatic heterocycles. The molecule has 2 atom stereocenters. The number of nitrogens with one attached hydrogen (secondary N) is 6. The molecule has 0 saturated carbocycles. The molecule has 2 aromatic carbocycles. The standard InChI is InChI=1S/C43H60N8O11/c1-29(2)40(49-35(53)18-11-6-12-20-39(57)62-51-37(55)25-26-38(51)56)42(59)48-33(16-13-27-45-43(44)60)41(58)47-32-23-21-30(22-24-32)28-61-50-36(54)19-10-4-3-9-17-34(52)46-31-14-7-5-8-15-31/h5,7-8,14-15,21-24,29,33,40H,3-4,6,9-13,16-20,25-28H2,1-2H3,(H,46,52)(H,47,58)(H,48,59)(H,49,53)(H,50,54)(H3,44,45,60)/t33-,40-/m0/s1. The summed E-state index contributed by atoms with van der Waals surface area (Å²) in [6.07, 6.45) is 5.35. The van der Waals surface area contributed by atoms with Crippen molar-refractivity contribution < 1.29 is 52.8 Å². The first-order valence-corrected chi connectivity index (χ1v) is 21.1. The molecule has 1 fully saturated rings. The van der Waals surface area contributed by atoms with Crippen LogP contribution in [0.3, 0.4) is 0 Å². The Morgan fingerprint density at radius 1 is 0.661 bits per heavy atom. The number of nitrogens with zero attached hydrogens (tertiary/aromatic N) is 1. The number of hydroxylamine groups is 3. The van der Waals surface area contributed by atoms with Crippen LogP contribution in [-0.2, 0) is 54.6 Å². The van der Waals surface area contributed by atoms with Crippen LogP contribution in [0.5, 0.6) is 0 Å². The van der Waals surface area contributed by atoms with Crippen molar-refractivity contribution >= 4 is 64.7 Å². The van der Waals surface area contributed by atoms with Crippen molar-refractivity contribution in [3.63, 3.8) is 0 Å². The number of rotatable bonds is 28. The van der Waals surface area contributed by atoms with Crippen molar-refractivity contribution in [3.8, 4) is 0 Å². The van der Waals surface area contributed by atoms with Crippen LogP contribution in [-0.4, -0.2) is 77.0 Å². The summed E-state index contributed by atoms with van der Waals surface area (Å²) in [5, 5.41) is 14.0. The third-order valence-electron chi connectivity index (χ3n) is 9.61. The van der Waals surface area contributed by atoms with E-state index in [1.165, 1.54) is 0 Å². The van der Waals surface area contributed by atoms with E-state index in [9.17, 15) is 43.2 Å². The number of nitrogens with two attached hydrogens (primary N) is 1. The van der Waals surface area contributed by atoms with Crippen LogP contribution in [0, 0.1) is 5.92 Å². The zero-order chi connectivity index (χ0) is 45.3. The number of unbranched alkanes of at least 4 members (excludes halogenated alkanes) is 5. The lowest BCUT2D eigenvalue weighted by Gasteiger charge is -2.25. The first-order valence-electron chi connectivity index (χ1n) is 21.1. The van der Waals surface area contributed by atoms with Gasteiger partial charge in [0.25, 0.3) is 11.8 Å². The molecule has 62 heavy (non-hydrogen) atoms. The summed E-state index contributed by atoms with van der Waals surface area (Å²) in [5.74, 6) is -4.01. The number of urea groups is 1. The highest BCUT2D eigenvalue weighted by Gasteiger charge is 2.33. The average molecular weight is 865 g/mol. The lowest BCUT2D eigenvalue weighted by Crippen LogP contribution is -2.54. The summed E-state index contributed by atoms with van der Waals surface area (Å²) in [6.45, 7) is 3.72. The van der Waals surface area contributed by atoms with Gasteiger partial charge in [0, 0.05) is 56.4 Å². The molecule has 3 rings (SSSR count). The largest absolute Gasteiger partial charge is 0.352 e. The molecule has 338 valence electrons. The minimum Gasteiger partial charge on any atom is -0.352 e. The normalized spacial score (nSPS) is 13.2. The molecule has 19 nitrogen and oxygen atoms in total. The minimum atomic E-state index is -1.04. The summed E-state index contributed by atoms with van der Waals surface area (Å²) < 4.78 is 0. The van der Waals surface area contributed by atoms with Crippen molar-refractivity contribution in [2.24, 2.45) is 11.7 Å². The van der Waals surface area contributed by atoms with E-state index in [0.717, 1.165) is 24.9 Å². The molecule has 0 bridgehead atoms. The molecular formula is C43H60N8O11. The SMILES string of the molecule is CC(C)[C@H](NC(=O)CCCCCC(=O)ON1C(=O)CCC1=O)C(=O)N[C@@H](CCCNC(N)=O)C(=O)Nc1ccc(CONC(=O)CCCCCCC(=O)Nc2ccccc2)cc1. The van der Waals surface area contributed by atoms with E-state index in [1.807, 2.05) is 30.3 Å². The fourth-order valence-electron chi connectivity index (χ4n) is 6.20. The maximum Gasteiger partial charge on any atom is 0.333 e. The third kappa shape index (κ3) is 19.8. The molecule has 0 unspecified atom stereocenters. The third-order valence-corrected chi connectivity index (χ3v) is 9.61. The lowest BCUT2D eigenvalue weighted by molar-refractivity contribution is -0.197. The van der Waals surface area contributed by atoms with Crippen LogP contribution in [0.2, 0.25) is 0 Å². The second-order valence-electron chi connectivity index (χ2n) is 15.2. The smallest absolute Gasteiger partial charge is 0.333 e. The fourth-order valence-corrected chi connectivity index (χ4v) is 6.20. The van der Waals surface area contributed by atoms with Gasteiger partial charge >= 0.3 is 12.0 Å². The number of imide groups is 1. The Hall–Kier alpha value is -6.37. The quantitative estimate of drug-likeness (QED) is 0.0367. The van der Waals surface area contributed by atoms with Gasteiger partial charge in [-0.15, -0.1) is 5.06 Å². The number of para-hydroxylation sites is 1. The van der Waals surface area contributed by atoms with E-state index in [-0.39, 0.29) is 69.4 Å². The first-order chi connectivity index (χ1) is 29.7. The number of carbonyl (C=O) groups excluding carboxylic acids is 9. The van der Waals surface area contributed by atoms with E-state index in [0.29, 0.717) is 54.8 Å². The molecule has 19 heteroatoms. The molecule has 9 amide bonds. The van der Waals surface area contributed by atoms with Crippen molar-refractivity contribution in [2.45, 2.75) is 129 Å². The highest BCUT2D eigenvalue weighted by Crippen LogP contribution is 2.16. The van der Waals surface area contributed by atoms with E-state index in [2.05, 4.69) is 32.1 Å². The maximum absolute atomic E-state index is 13.5. The summed E-state index contributed by atoms with van der Waals surface area (Å²) in [4.78, 5) is 121. The van der Waals surface area contributed by atoms with Gasteiger partial charge in [0.15, 0.2) is 0 Å². The molecule has 1 aliphatic heterocycles. The van der Waals surface area contributed by atoms with Gasteiger partial charge in [-0.2, -0.15) is 0 Å². The fraction of sp³-hybridized carbons (Fsp3) is 0.512. The molecule has 0 aliphatic carbocycles. The molecule has 1 heterocycles. The molecule has 2 aromatic rings. The molecule has 1 saturated heterocycles. The number of anilines is 2. The van der Waals surface area contributed by atoms with E-state index < -0.39 is 53.6 Å². The van der Waals surface area contributed by atoms with E-state index in [4.69, 9.17) is 15.4 Å². The van der Waals surface area contributed by atoms with Gasteiger partial charge in [-0.25, -0.2) is 15.1 Å². The van der Waals surface area contributed by atoms with Crippen LogP contribution in [0.25, 0.3) is 0 Å². The second kappa shape index (κ2) is 27.5. The van der Waals surface area contributed by atoms with Gasteiger partial charge in [0.05, 0.1) is 6.61 Å². The summed E-state index contributed by atoms with van der Waals surface area (Å²) in [6, 6.07) is 13.2.